The van der Waals surface area contributed by atoms with Crippen molar-refractivity contribution >= 4 is 8.56 Å². The monoisotopic (exact) mass is 312 g/mol. The molecule has 0 aromatic rings. The fraction of sp³-hybridized carbons (Fsp3) is 1.00. The summed E-state index contributed by atoms with van der Waals surface area (Å²) in [5.41, 5.74) is 1.83. The molecular formula is C18H36O2Si. The van der Waals surface area contributed by atoms with Crippen LogP contribution in [0.5, 0.6) is 0 Å². The van der Waals surface area contributed by atoms with Crippen molar-refractivity contribution in [2.45, 2.75) is 83.7 Å². The van der Waals surface area contributed by atoms with Crippen LogP contribution in [0.1, 0.15) is 72.6 Å². The van der Waals surface area contributed by atoms with Crippen LogP contribution in [0.25, 0.3) is 0 Å². The summed E-state index contributed by atoms with van der Waals surface area (Å²) in [4.78, 5) is 0. The van der Waals surface area contributed by atoms with Crippen molar-refractivity contribution in [2.24, 2.45) is 17.3 Å². The Labute approximate surface area is 133 Å². The zero-order chi connectivity index (χ0) is 15.7. The predicted molar refractivity (Wildman–Crippen MR) is 91.7 cm³/mol. The third-order valence-corrected chi connectivity index (χ3v) is 10.7. The lowest BCUT2D eigenvalue weighted by Gasteiger charge is -2.48. The summed E-state index contributed by atoms with van der Waals surface area (Å²) in [6.45, 7) is 9.68. The van der Waals surface area contributed by atoms with Crippen molar-refractivity contribution in [3.8, 4) is 0 Å². The predicted octanol–water partition coefficient (Wildman–Crippen LogP) is 5.52. The van der Waals surface area contributed by atoms with Gasteiger partial charge in [-0.1, -0.05) is 34.1 Å². The Kier molecular flexibility index (Phi) is 5.59. The van der Waals surface area contributed by atoms with Crippen molar-refractivity contribution in [3.05, 3.63) is 0 Å². The molecule has 3 unspecified atom stereocenters. The van der Waals surface area contributed by atoms with Gasteiger partial charge in [0.05, 0.1) is 0 Å². The van der Waals surface area contributed by atoms with Crippen LogP contribution in [-0.2, 0) is 8.85 Å². The summed E-state index contributed by atoms with van der Waals surface area (Å²) >= 11 is 0. The Morgan fingerprint density at radius 1 is 0.905 bits per heavy atom. The minimum atomic E-state index is -2.11. The minimum Gasteiger partial charge on any atom is -0.397 e. The van der Waals surface area contributed by atoms with Crippen molar-refractivity contribution in [1.82, 2.24) is 0 Å². The summed E-state index contributed by atoms with van der Waals surface area (Å²) in [5, 5.41) is 0. The molecule has 0 bridgehead atoms. The van der Waals surface area contributed by atoms with Crippen molar-refractivity contribution in [3.63, 3.8) is 0 Å². The van der Waals surface area contributed by atoms with E-state index in [4.69, 9.17) is 8.85 Å². The first-order valence-corrected chi connectivity index (χ1v) is 10.9. The van der Waals surface area contributed by atoms with Crippen LogP contribution < -0.4 is 0 Å². The second-order valence-electron chi connectivity index (χ2n) is 8.70. The lowest BCUT2D eigenvalue weighted by Crippen LogP contribution is -2.53. The van der Waals surface area contributed by atoms with E-state index in [1.165, 1.54) is 44.9 Å². The molecule has 3 atom stereocenters. The fourth-order valence-corrected chi connectivity index (χ4v) is 10.5. The first kappa shape index (κ1) is 17.5. The summed E-state index contributed by atoms with van der Waals surface area (Å²) < 4.78 is 12.5. The Balaban J connectivity index is 2.22. The molecule has 0 spiro atoms. The SMILES string of the molecule is CO[Si](OC)(C1CC(C)CC(C)C1)C1CCCC(C)(C)C1. The molecule has 3 heteroatoms. The molecule has 0 heterocycles. The van der Waals surface area contributed by atoms with Crippen LogP contribution >= 0.6 is 0 Å². The third-order valence-electron chi connectivity index (χ3n) is 6.16. The van der Waals surface area contributed by atoms with E-state index in [0.717, 1.165) is 11.8 Å². The van der Waals surface area contributed by atoms with Gasteiger partial charge in [-0.25, -0.2) is 0 Å². The third kappa shape index (κ3) is 3.73. The molecule has 2 saturated carbocycles. The van der Waals surface area contributed by atoms with E-state index >= 15 is 0 Å². The molecule has 2 nitrogen and oxygen atoms in total. The van der Waals surface area contributed by atoms with Gasteiger partial charge in [-0.3, -0.25) is 0 Å². The molecule has 0 saturated heterocycles. The molecule has 2 rings (SSSR count). The van der Waals surface area contributed by atoms with Gasteiger partial charge in [-0.2, -0.15) is 0 Å². The largest absolute Gasteiger partial charge is 0.397 e. The Hall–Kier alpha value is 0.137. The maximum absolute atomic E-state index is 6.27. The van der Waals surface area contributed by atoms with Crippen LogP contribution in [0.4, 0.5) is 0 Å². The van der Waals surface area contributed by atoms with Crippen LogP contribution in [0, 0.1) is 17.3 Å². The molecule has 124 valence electrons. The van der Waals surface area contributed by atoms with E-state index < -0.39 is 8.56 Å². The van der Waals surface area contributed by atoms with E-state index in [1.54, 1.807) is 0 Å². The molecule has 0 aromatic carbocycles. The van der Waals surface area contributed by atoms with Gasteiger partial charge in [0.25, 0.3) is 0 Å². The summed E-state index contributed by atoms with van der Waals surface area (Å²) in [5.74, 6) is 1.65. The first-order chi connectivity index (χ1) is 9.83. The summed E-state index contributed by atoms with van der Waals surface area (Å²) in [6.07, 6.45) is 9.32. The topological polar surface area (TPSA) is 18.5 Å². The zero-order valence-corrected chi connectivity index (χ0v) is 16.1. The fourth-order valence-electron chi connectivity index (χ4n) is 5.40. The molecule has 0 aromatic heterocycles. The highest BCUT2D eigenvalue weighted by Crippen LogP contribution is 2.54. The van der Waals surface area contributed by atoms with E-state index in [1.807, 2.05) is 14.2 Å². The van der Waals surface area contributed by atoms with Gasteiger partial charge in [-0.15, -0.1) is 0 Å². The van der Waals surface area contributed by atoms with Gasteiger partial charge in [0.2, 0.25) is 0 Å². The van der Waals surface area contributed by atoms with E-state index in [0.29, 0.717) is 16.5 Å². The van der Waals surface area contributed by atoms with Gasteiger partial charge in [0.15, 0.2) is 0 Å². The summed E-state index contributed by atoms with van der Waals surface area (Å²) in [7, 11) is 1.75. The average Bonchev–Trinajstić information content (AvgIpc) is 2.38. The molecule has 0 aliphatic heterocycles. The molecule has 2 fully saturated rings. The van der Waals surface area contributed by atoms with Crippen LogP contribution in [-0.4, -0.2) is 22.8 Å². The van der Waals surface area contributed by atoms with Crippen molar-refractivity contribution in [2.75, 3.05) is 14.2 Å². The van der Waals surface area contributed by atoms with E-state index in [9.17, 15) is 0 Å². The highest BCUT2D eigenvalue weighted by Gasteiger charge is 2.54. The van der Waals surface area contributed by atoms with Crippen LogP contribution in [0.15, 0.2) is 0 Å². The molecule has 0 amide bonds. The Morgan fingerprint density at radius 3 is 1.95 bits per heavy atom. The van der Waals surface area contributed by atoms with Crippen LogP contribution in [0.2, 0.25) is 11.1 Å². The highest BCUT2D eigenvalue weighted by molar-refractivity contribution is 6.70. The number of hydrogen-bond donors (Lipinski definition) is 0. The second-order valence-corrected chi connectivity index (χ2v) is 12.6. The lowest BCUT2D eigenvalue weighted by molar-refractivity contribution is 0.149. The Morgan fingerprint density at radius 2 is 1.48 bits per heavy atom. The maximum Gasteiger partial charge on any atom is 0.344 e. The van der Waals surface area contributed by atoms with Gasteiger partial charge in [-0.05, 0) is 55.8 Å². The average molecular weight is 313 g/mol. The van der Waals surface area contributed by atoms with Gasteiger partial charge < -0.3 is 8.85 Å². The van der Waals surface area contributed by atoms with Crippen molar-refractivity contribution < 1.29 is 8.85 Å². The molecule has 0 radical (unpaired) electrons. The number of rotatable bonds is 4. The lowest BCUT2D eigenvalue weighted by atomic mass is 9.77. The highest BCUT2D eigenvalue weighted by atomic mass is 28.4. The van der Waals surface area contributed by atoms with Gasteiger partial charge in [0, 0.05) is 25.3 Å². The van der Waals surface area contributed by atoms with Crippen molar-refractivity contribution in [1.29, 1.82) is 0 Å². The quantitative estimate of drug-likeness (QED) is 0.636. The number of hydrogen-bond acceptors (Lipinski definition) is 2. The van der Waals surface area contributed by atoms with Crippen LogP contribution in [0.3, 0.4) is 0 Å². The smallest absolute Gasteiger partial charge is 0.344 e. The molecule has 2 aliphatic carbocycles. The second kappa shape index (κ2) is 6.72. The van der Waals surface area contributed by atoms with Gasteiger partial charge >= 0.3 is 8.56 Å². The first-order valence-electron chi connectivity index (χ1n) is 8.93. The molecule has 0 N–H and O–H groups in total. The molecule has 21 heavy (non-hydrogen) atoms. The maximum atomic E-state index is 6.27. The summed E-state index contributed by atoms with van der Waals surface area (Å²) in [6, 6.07) is 0. The normalized spacial score (nSPS) is 37.4. The van der Waals surface area contributed by atoms with E-state index in [2.05, 4.69) is 27.7 Å². The Bertz CT molecular complexity index is 324. The molecular weight excluding hydrogens is 276 g/mol. The van der Waals surface area contributed by atoms with E-state index in [-0.39, 0.29) is 0 Å². The minimum absolute atomic E-state index is 0.462. The molecule has 2 aliphatic rings. The zero-order valence-electron chi connectivity index (χ0n) is 15.1. The van der Waals surface area contributed by atoms with Gasteiger partial charge in [0.1, 0.15) is 0 Å². The standard InChI is InChI=1S/C18H36O2Si/c1-14-10-15(2)12-17(11-14)21(19-5,20-6)16-8-7-9-18(3,4)13-16/h14-17H,7-13H2,1-6H3.